The molecule has 0 spiro atoms. The number of benzene rings is 1. The number of carbonyl (C=O) groups is 1. The molecule has 1 amide bonds. The van der Waals surface area contributed by atoms with E-state index in [-0.39, 0.29) is 12.5 Å². The molecule has 10 heteroatoms. The fourth-order valence-electron chi connectivity index (χ4n) is 4.72. The van der Waals surface area contributed by atoms with Gasteiger partial charge in [0.05, 0.1) is 12.3 Å². The molecule has 10 nitrogen and oxygen atoms in total. The summed E-state index contributed by atoms with van der Waals surface area (Å²) in [6.07, 6.45) is 0. The maximum atomic E-state index is 13.2. The highest BCUT2D eigenvalue weighted by Crippen LogP contribution is 2.21. The van der Waals surface area contributed by atoms with Crippen LogP contribution < -0.4 is 9.80 Å². The van der Waals surface area contributed by atoms with Crippen molar-refractivity contribution < 1.29 is 9.90 Å². The summed E-state index contributed by atoms with van der Waals surface area (Å²) < 4.78 is 1.67. The first-order valence-electron chi connectivity index (χ1n) is 12.2. The Labute approximate surface area is 205 Å². The lowest BCUT2D eigenvalue weighted by Crippen LogP contribution is -2.49. The van der Waals surface area contributed by atoms with E-state index < -0.39 is 0 Å². The average Bonchev–Trinajstić information content (AvgIpc) is 3.31. The van der Waals surface area contributed by atoms with E-state index in [1.54, 1.807) is 4.68 Å². The molecule has 2 fully saturated rings. The Morgan fingerprint density at radius 3 is 2.03 bits per heavy atom. The zero-order chi connectivity index (χ0) is 24.2. The number of anilines is 2. The van der Waals surface area contributed by atoms with E-state index in [1.807, 2.05) is 60.5 Å². The highest BCUT2D eigenvalue weighted by Gasteiger charge is 2.26. The topological polar surface area (TPSA) is 93.9 Å². The van der Waals surface area contributed by atoms with Crippen LogP contribution in [0.3, 0.4) is 0 Å². The van der Waals surface area contributed by atoms with Crippen LogP contribution in [0, 0.1) is 0 Å². The molecule has 2 aromatic heterocycles. The van der Waals surface area contributed by atoms with Crippen molar-refractivity contribution in [3.63, 3.8) is 0 Å². The van der Waals surface area contributed by atoms with E-state index in [2.05, 4.69) is 30.0 Å². The zero-order valence-electron chi connectivity index (χ0n) is 20.1. The number of aromatic nitrogens is 4. The summed E-state index contributed by atoms with van der Waals surface area (Å²) in [5.41, 5.74) is 2.40. The van der Waals surface area contributed by atoms with Gasteiger partial charge in [0, 0.05) is 71.5 Å². The largest absolute Gasteiger partial charge is 0.395 e. The van der Waals surface area contributed by atoms with Gasteiger partial charge < -0.3 is 19.8 Å². The second-order valence-corrected chi connectivity index (χ2v) is 8.99. The SMILES string of the molecule is Cn1nc(-c2ccccc2)cc1C(=O)N1CCN(c2ccc(N3CCN(CCO)CC3)nn2)CC1. The molecule has 0 bridgehead atoms. The molecule has 4 heterocycles. The summed E-state index contributed by atoms with van der Waals surface area (Å²) in [7, 11) is 1.82. The summed E-state index contributed by atoms with van der Waals surface area (Å²) in [6, 6.07) is 15.8. The maximum absolute atomic E-state index is 13.2. The standard InChI is InChI=1S/C25H32N8O2/c1-29-22(19-21(28-29)20-5-3-2-4-6-20)25(35)33-15-13-32(14-16-33)24-8-7-23(26-27-24)31-11-9-30(10-12-31)17-18-34/h2-8,19,34H,9-18H2,1H3. The van der Waals surface area contributed by atoms with Gasteiger partial charge in [-0.15, -0.1) is 10.2 Å². The van der Waals surface area contributed by atoms with Crippen molar-refractivity contribution in [2.75, 3.05) is 75.3 Å². The number of rotatable bonds is 6. The van der Waals surface area contributed by atoms with E-state index in [0.717, 1.165) is 55.6 Å². The van der Waals surface area contributed by atoms with Crippen molar-refractivity contribution in [3.05, 3.63) is 54.2 Å². The summed E-state index contributed by atoms with van der Waals surface area (Å²) >= 11 is 0. The molecule has 0 unspecified atom stereocenters. The Kier molecular flexibility index (Phi) is 6.91. The molecule has 0 aliphatic carbocycles. The lowest BCUT2D eigenvalue weighted by Gasteiger charge is -2.36. The van der Waals surface area contributed by atoms with Gasteiger partial charge in [0.15, 0.2) is 11.6 Å². The molecule has 35 heavy (non-hydrogen) atoms. The van der Waals surface area contributed by atoms with Crippen molar-refractivity contribution in [3.8, 4) is 11.3 Å². The number of amides is 1. The first-order chi connectivity index (χ1) is 17.1. The van der Waals surface area contributed by atoms with Gasteiger partial charge in [-0.2, -0.15) is 5.10 Å². The van der Waals surface area contributed by atoms with Crippen molar-refractivity contribution in [2.24, 2.45) is 7.05 Å². The molecule has 2 aliphatic rings. The normalized spacial score (nSPS) is 17.1. The number of carbonyl (C=O) groups excluding carboxylic acids is 1. The summed E-state index contributed by atoms with van der Waals surface area (Å²) in [5, 5.41) is 22.6. The fraction of sp³-hybridized carbons (Fsp3) is 0.440. The number of aliphatic hydroxyl groups is 1. The molecule has 0 atom stereocenters. The van der Waals surface area contributed by atoms with E-state index in [1.165, 1.54) is 0 Å². The van der Waals surface area contributed by atoms with E-state index in [9.17, 15) is 4.79 Å². The number of nitrogens with zero attached hydrogens (tertiary/aromatic N) is 8. The first-order valence-corrected chi connectivity index (χ1v) is 12.2. The number of aliphatic hydroxyl groups excluding tert-OH is 1. The molecule has 3 aromatic rings. The van der Waals surface area contributed by atoms with Crippen LogP contribution in [0.1, 0.15) is 10.5 Å². The second-order valence-electron chi connectivity index (χ2n) is 8.99. The van der Waals surface area contributed by atoms with Crippen molar-refractivity contribution in [1.82, 2.24) is 29.8 Å². The monoisotopic (exact) mass is 476 g/mol. The van der Waals surface area contributed by atoms with Crippen LogP contribution in [0.5, 0.6) is 0 Å². The molecular formula is C25H32N8O2. The third-order valence-corrected chi connectivity index (χ3v) is 6.81. The molecule has 1 N–H and O–H groups in total. The van der Waals surface area contributed by atoms with Crippen LogP contribution in [-0.2, 0) is 7.05 Å². The highest BCUT2D eigenvalue weighted by atomic mass is 16.3. The molecule has 5 rings (SSSR count). The minimum Gasteiger partial charge on any atom is -0.395 e. The maximum Gasteiger partial charge on any atom is 0.272 e. The zero-order valence-corrected chi connectivity index (χ0v) is 20.1. The minimum atomic E-state index is 0.00334. The molecule has 2 aliphatic heterocycles. The molecule has 1 aromatic carbocycles. The Morgan fingerprint density at radius 2 is 1.46 bits per heavy atom. The summed E-state index contributed by atoms with van der Waals surface area (Å²) in [6.45, 7) is 7.20. The number of piperazine rings is 2. The number of hydrogen-bond donors (Lipinski definition) is 1. The van der Waals surface area contributed by atoms with E-state index >= 15 is 0 Å². The molecular weight excluding hydrogens is 444 g/mol. The van der Waals surface area contributed by atoms with Crippen LogP contribution >= 0.6 is 0 Å². The van der Waals surface area contributed by atoms with Crippen LogP contribution in [0.4, 0.5) is 11.6 Å². The highest BCUT2D eigenvalue weighted by molar-refractivity contribution is 5.94. The van der Waals surface area contributed by atoms with Gasteiger partial charge >= 0.3 is 0 Å². The summed E-state index contributed by atoms with van der Waals surface area (Å²) in [5.74, 6) is 1.73. The van der Waals surface area contributed by atoms with Crippen LogP contribution in [0.25, 0.3) is 11.3 Å². The van der Waals surface area contributed by atoms with Gasteiger partial charge in [-0.05, 0) is 18.2 Å². The molecule has 2 saturated heterocycles. The van der Waals surface area contributed by atoms with Gasteiger partial charge in [-0.3, -0.25) is 14.4 Å². The van der Waals surface area contributed by atoms with Gasteiger partial charge in [-0.25, -0.2) is 0 Å². The van der Waals surface area contributed by atoms with Gasteiger partial charge in [0.2, 0.25) is 0 Å². The van der Waals surface area contributed by atoms with Gasteiger partial charge in [0.25, 0.3) is 5.91 Å². The molecule has 0 saturated carbocycles. The minimum absolute atomic E-state index is 0.00334. The lowest BCUT2D eigenvalue weighted by molar-refractivity contribution is 0.0735. The van der Waals surface area contributed by atoms with Crippen LogP contribution in [0.2, 0.25) is 0 Å². The predicted molar refractivity (Wildman–Crippen MR) is 135 cm³/mol. The van der Waals surface area contributed by atoms with Gasteiger partial charge in [-0.1, -0.05) is 30.3 Å². The molecule has 0 radical (unpaired) electrons. The van der Waals surface area contributed by atoms with Gasteiger partial charge in [0.1, 0.15) is 5.69 Å². The average molecular weight is 477 g/mol. The Balaban J connectivity index is 1.16. The van der Waals surface area contributed by atoms with Crippen LogP contribution in [0.15, 0.2) is 48.5 Å². The third kappa shape index (κ3) is 5.13. The fourth-order valence-corrected chi connectivity index (χ4v) is 4.72. The summed E-state index contributed by atoms with van der Waals surface area (Å²) in [4.78, 5) is 21.7. The number of hydrogen-bond acceptors (Lipinski definition) is 8. The smallest absolute Gasteiger partial charge is 0.272 e. The van der Waals surface area contributed by atoms with Crippen molar-refractivity contribution >= 4 is 17.5 Å². The Hall–Kier alpha value is -3.50. The quantitative estimate of drug-likeness (QED) is 0.562. The number of aryl methyl sites for hydroxylation is 1. The Morgan fingerprint density at radius 1 is 0.857 bits per heavy atom. The van der Waals surface area contributed by atoms with E-state index in [4.69, 9.17) is 5.11 Å². The lowest BCUT2D eigenvalue weighted by atomic mass is 10.1. The Bertz CT molecular complexity index is 1120. The second kappa shape index (κ2) is 10.4. The molecule has 184 valence electrons. The van der Waals surface area contributed by atoms with E-state index in [0.29, 0.717) is 31.9 Å². The van der Waals surface area contributed by atoms with Crippen molar-refractivity contribution in [1.29, 1.82) is 0 Å². The predicted octanol–water partition coefficient (Wildman–Crippen LogP) is 0.954. The first kappa shape index (κ1) is 23.3. The van der Waals surface area contributed by atoms with Crippen molar-refractivity contribution in [2.45, 2.75) is 0 Å². The number of β-amino-alcohol motifs (C(OH)–C–C–N with tert-alkyl or cyclic N) is 1. The third-order valence-electron chi connectivity index (χ3n) is 6.81. The van der Waals surface area contributed by atoms with Crippen LogP contribution in [-0.4, -0.2) is 106 Å².